The van der Waals surface area contributed by atoms with Gasteiger partial charge in [-0.1, -0.05) is 23.2 Å². The van der Waals surface area contributed by atoms with Crippen molar-refractivity contribution in [3.05, 3.63) is 62.5 Å². The Bertz CT molecular complexity index is 1010. The van der Waals surface area contributed by atoms with Gasteiger partial charge in [-0.3, -0.25) is 0 Å². The van der Waals surface area contributed by atoms with Crippen LogP contribution < -0.4 is 4.72 Å². The van der Waals surface area contributed by atoms with Gasteiger partial charge < -0.3 is 9.52 Å². The predicted molar refractivity (Wildman–Crippen MR) is 103 cm³/mol. The van der Waals surface area contributed by atoms with Gasteiger partial charge in [-0.15, -0.1) is 0 Å². The van der Waals surface area contributed by atoms with Crippen LogP contribution >= 0.6 is 34.5 Å². The van der Waals surface area contributed by atoms with E-state index in [0.717, 1.165) is 5.56 Å². The van der Waals surface area contributed by atoms with E-state index in [1.54, 1.807) is 19.1 Å². The summed E-state index contributed by atoms with van der Waals surface area (Å²) in [4.78, 5) is -0.0910. The van der Waals surface area contributed by atoms with Gasteiger partial charge in [0.1, 0.15) is 22.5 Å². The van der Waals surface area contributed by atoms with Crippen molar-refractivity contribution >= 4 is 44.6 Å². The molecule has 2 N–H and O–H groups in total. The highest BCUT2D eigenvalue weighted by atomic mass is 35.5. The van der Waals surface area contributed by atoms with Gasteiger partial charge in [-0.05, 0) is 48.2 Å². The molecule has 0 aliphatic heterocycles. The van der Waals surface area contributed by atoms with Gasteiger partial charge in [-0.2, -0.15) is 11.3 Å². The molecule has 0 spiro atoms. The molecule has 0 bridgehead atoms. The van der Waals surface area contributed by atoms with Crippen LogP contribution in [0.2, 0.25) is 10.0 Å². The van der Waals surface area contributed by atoms with E-state index in [0.29, 0.717) is 16.3 Å². The molecule has 3 rings (SSSR count). The van der Waals surface area contributed by atoms with Crippen molar-refractivity contribution < 1.29 is 17.9 Å². The fourth-order valence-electron chi connectivity index (χ4n) is 2.30. The van der Waals surface area contributed by atoms with Crippen LogP contribution in [0.1, 0.15) is 17.4 Å². The number of sulfonamides is 1. The van der Waals surface area contributed by atoms with Gasteiger partial charge in [-0.25, -0.2) is 13.1 Å². The second kappa shape index (κ2) is 7.72. The first-order chi connectivity index (χ1) is 12.3. The van der Waals surface area contributed by atoms with Crippen LogP contribution in [0.4, 0.5) is 0 Å². The summed E-state index contributed by atoms with van der Waals surface area (Å²) in [5, 5.41) is 14.5. The number of furan rings is 1. The Morgan fingerprint density at radius 3 is 2.69 bits per heavy atom. The molecule has 0 aliphatic rings. The molecule has 5 nitrogen and oxygen atoms in total. The van der Waals surface area contributed by atoms with Gasteiger partial charge in [0.2, 0.25) is 10.0 Å². The molecule has 0 aliphatic carbocycles. The highest BCUT2D eigenvalue weighted by Gasteiger charge is 2.22. The molecule has 0 radical (unpaired) electrons. The molecule has 2 heterocycles. The topological polar surface area (TPSA) is 79.5 Å². The summed E-state index contributed by atoms with van der Waals surface area (Å²) in [7, 11) is -3.91. The second-order valence-electron chi connectivity index (χ2n) is 5.61. The largest absolute Gasteiger partial charge is 0.458 e. The Kier molecular flexibility index (Phi) is 5.76. The van der Waals surface area contributed by atoms with Crippen molar-refractivity contribution in [3.63, 3.8) is 0 Å². The first-order valence-corrected chi connectivity index (χ1v) is 10.7. The molecule has 9 heteroatoms. The van der Waals surface area contributed by atoms with Gasteiger partial charge >= 0.3 is 0 Å². The fourth-order valence-corrected chi connectivity index (χ4v) is 4.81. The third kappa shape index (κ3) is 4.14. The van der Waals surface area contributed by atoms with Crippen LogP contribution in [0.3, 0.4) is 0 Å². The molecule has 0 saturated heterocycles. The molecule has 1 aromatic carbocycles. The zero-order valence-corrected chi connectivity index (χ0v) is 16.7. The lowest BCUT2D eigenvalue weighted by Crippen LogP contribution is -2.28. The number of benzene rings is 1. The third-order valence-corrected chi connectivity index (χ3v) is 6.71. The SMILES string of the molecule is Cc1cc(S(=O)(=O)NC[C@H](O)c2ccc(-c3ccsc3)o2)c(Cl)cc1Cl. The van der Waals surface area contributed by atoms with E-state index in [1.807, 2.05) is 16.8 Å². The number of halogens is 2. The monoisotopic (exact) mass is 431 g/mol. The maximum atomic E-state index is 12.5. The summed E-state index contributed by atoms with van der Waals surface area (Å²) in [6.45, 7) is 1.43. The molecule has 0 fully saturated rings. The van der Waals surface area contributed by atoms with Crippen molar-refractivity contribution in [1.82, 2.24) is 4.72 Å². The predicted octanol–water partition coefficient (Wildman–Crippen LogP) is 4.64. The van der Waals surface area contributed by atoms with Crippen LogP contribution in [0.25, 0.3) is 11.3 Å². The molecule has 138 valence electrons. The highest BCUT2D eigenvalue weighted by Crippen LogP contribution is 2.29. The van der Waals surface area contributed by atoms with E-state index in [4.69, 9.17) is 27.6 Å². The summed E-state index contributed by atoms with van der Waals surface area (Å²) >= 11 is 13.5. The molecule has 0 amide bonds. The van der Waals surface area contributed by atoms with E-state index >= 15 is 0 Å². The smallest absolute Gasteiger partial charge is 0.242 e. The lowest BCUT2D eigenvalue weighted by molar-refractivity contribution is 0.155. The number of hydrogen-bond acceptors (Lipinski definition) is 5. The number of rotatable bonds is 6. The maximum absolute atomic E-state index is 12.5. The molecular weight excluding hydrogens is 417 g/mol. The third-order valence-electron chi connectivity index (χ3n) is 3.73. The molecule has 3 aromatic rings. The second-order valence-corrected chi connectivity index (χ2v) is 8.94. The Hall–Kier alpha value is -1.35. The molecule has 2 aromatic heterocycles. The summed E-state index contributed by atoms with van der Waals surface area (Å²) in [6.07, 6.45) is -1.13. The minimum Gasteiger partial charge on any atom is -0.458 e. The zero-order valence-electron chi connectivity index (χ0n) is 13.6. The van der Waals surface area contributed by atoms with Crippen molar-refractivity contribution in [1.29, 1.82) is 0 Å². The number of hydrogen-bond donors (Lipinski definition) is 2. The van der Waals surface area contributed by atoms with Gasteiger partial charge in [0.15, 0.2) is 0 Å². The Labute approximate surface area is 165 Å². The standard InChI is InChI=1S/C17H15Cl2NO4S2/c1-10-6-17(13(19)7-12(10)18)26(22,23)20-8-14(21)16-3-2-15(24-16)11-4-5-25-9-11/h2-7,9,14,20-21H,8H2,1H3/t14-/m0/s1. The number of thiophene rings is 1. The quantitative estimate of drug-likeness (QED) is 0.595. The van der Waals surface area contributed by atoms with Crippen molar-refractivity contribution in [2.45, 2.75) is 17.9 Å². The molecule has 0 saturated carbocycles. The average Bonchev–Trinajstić information content (AvgIpc) is 3.26. The summed E-state index contributed by atoms with van der Waals surface area (Å²) in [5.41, 5.74) is 1.49. The van der Waals surface area contributed by atoms with E-state index < -0.39 is 16.1 Å². The van der Waals surface area contributed by atoms with Gasteiger partial charge in [0.25, 0.3) is 0 Å². The lowest BCUT2D eigenvalue weighted by Gasteiger charge is -2.12. The van der Waals surface area contributed by atoms with E-state index in [1.165, 1.54) is 23.5 Å². The lowest BCUT2D eigenvalue weighted by atomic mass is 10.2. The van der Waals surface area contributed by atoms with Crippen LogP contribution in [0, 0.1) is 6.92 Å². The van der Waals surface area contributed by atoms with Crippen LogP contribution in [-0.4, -0.2) is 20.1 Å². The van der Waals surface area contributed by atoms with Crippen molar-refractivity contribution in [2.24, 2.45) is 0 Å². The zero-order chi connectivity index (χ0) is 18.9. The van der Waals surface area contributed by atoms with Gasteiger partial charge in [0.05, 0.1) is 5.02 Å². The summed E-state index contributed by atoms with van der Waals surface area (Å²) in [5.74, 6) is 0.881. The highest BCUT2D eigenvalue weighted by molar-refractivity contribution is 7.89. The molecule has 1 atom stereocenters. The Morgan fingerprint density at radius 2 is 2.00 bits per heavy atom. The fraction of sp³-hybridized carbons (Fsp3) is 0.176. The minimum absolute atomic E-state index is 0.0142. The first kappa shape index (κ1) is 19.4. The Balaban J connectivity index is 1.73. The number of aliphatic hydroxyl groups is 1. The average molecular weight is 432 g/mol. The Morgan fingerprint density at radius 1 is 1.23 bits per heavy atom. The van der Waals surface area contributed by atoms with Crippen LogP contribution in [-0.2, 0) is 10.0 Å². The maximum Gasteiger partial charge on any atom is 0.242 e. The minimum atomic E-state index is -3.91. The van der Waals surface area contributed by atoms with E-state index in [-0.39, 0.29) is 22.2 Å². The normalized spacial score (nSPS) is 13.1. The number of nitrogens with one attached hydrogen (secondary N) is 1. The van der Waals surface area contributed by atoms with Crippen molar-refractivity contribution in [3.8, 4) is 11.3 Å². The first-order valence-electron chi connectivity index (χ1n) is 7.53. The van der Waals surface area contributed by atoms with Gasteiger partial charge in [0, 0.05) is 22.5 Å². The number of aliphatic hydroxyl groups excluding tert-OH is 1. The van der Waals surface area contributed by atoms with E-state index in [2.05, 4.69) is 4.72 Å². The summed E-state index contributed by atoms with van der Waals surface area (Å²) in [6, 6.07) is 8.01. The van der Waals surface area contributed by atoms with Crippen molar-refractivity contribution in [2.75, 3.05) is 6.54 Å². The molecular formula is C17H15Cl2NO4S2. The summed E-state index contributed by atoms with van der Waals surface area (Å²) < 4.78 is 32.9. The van der Waals surface area contributed by atoms with Crippen LogP contribution in [0.15, 0.2) is 50.4 Å². The van der Waals surface area contributed by atoms with E-state index in [9.17, 15) is 13.5 Å². The molecule has 0 unspecified atom stereocenters. The number of aryl methyl sites for hydroxylation is 1. The van der Waals surface area contributed by atoms with Crippen LogP contribution in [0.5, 0.6) is 0 Å². The molecule has 26 heavy (non-hydrogen) atoms.